The van der Waals surface area contributed by atoms with E-state index in [-0.39, 0.29) is 31.2 Å². The Morgan fingerprint density at radius 1 is 1.09 bits per heavy atom. The maximum Gasteiger partial charge on any atom is 0.390 e. The van der Waals surface area contributed by atoms with Gasteiger partial charge in [-0.15, -0.1) is 0 Å². The monoisotopic (exact) mass is 491 g/mol. The predicted molar refractivity (Wildman–Crippen MR) is 122 cm³/mol. The second-order valence-electron chi connectivity index (χ2n) is 9.38. The minimum Gasteiger partial charge on any atom is -0.396 e. The van der Waals surface area contributed by atoms with Crippen LogP contribution in [-0.2, 0) is 16.1 Å². The van der Waals surface area contributed by atoms with Gasteiger partial charge in [0.1, 0.15) is 0 Å². The summed E-state index contributed by atoms with van der Waals surface area (Å²) in [6.07, 6.45) is -5.38. The molecule has 188 valence electrons. The van der Waals surface area contributed by atoms with Crippen molar-refractivity contribution in [2.75, 3.05) is 39.5 Å². The lowest BCUT2D eigenvalue weighted by molar-refractivity contribution is -0.143. The molecular weight excluding hydrogens is 463 g/mol. The largest absolute Gasteiger partial charge is 0.396 e. The topological polar surface area (TPSA) is 75.0 Å². The Morgan fingerprint density at radius 3 is 2.46 bits per heavy atom. The van der Waals surface area contributed by atoms with Crippen LogP contribution < -0.4 is 5.56 Å². The fourth-order valence-electron chi connectivity index (χ4n) is 5.90. The fourth-order valence-corrected chi connectivity index (χ4v) is 5.90. The Balaban J connectivity index is 1.58. The minimum atomic E-state index is -4.36. The molecule has 3 aliphatic heterocycles. The zero-order valence-electron chi connectivity index (χ0n) is 19.2. The molecular formula is C25H28F3N3O4. The molecule has 2 bridgehead atoms. The van der Waals surface area contributed by atoms with E-state index in [9.17, 15) is 27.9 Å². The molecule has 0 unspecified atom stereocenters. The van der Waals surface area contributed by atoms with Crippen LogP contribution in [0, 0.1) is 11.8 Å². The van der Waals surface area contributed by atoms with E-state index in [1.165, 1.54) is 0 Å². The van der Waals surface area contributed by atoms with Crippen LogP contribution in [0.4, 0.5) is 13.2 Å². The van der Waals surface area contributed by atoms with Gasteiger partial charge in [-0.05, 0) is 17.7 Å². The zero-order chi connectivity index (χ0) is 24.7. The summed E-state index contributed by atoms with van der Waals surface area (Å²) in [7, 11) is 0. The van der Waals surface area contributed by atoms with Gasteiger partial charge in [0, 0.05) is 56.0 Å². The first kappa shape index (κ1) is 24.0. The summed E-state index contributed by atoms with van der Waals surface area (Å²) in [5, 5.41) is 10.3. The lowest BCUT2D eigenvalue weighted by Crippen LogP contribution is -2.48. The van der Waals surface area contributed by atoms with Crippen molar-refractivity contribution in [1.82, 2.24) is 14.4 Å². The van der Waals surface area contributed by atoms with Crippen molar-refractivity contribution in [1.29, 1.82) is 0 Å². The first-order chi connectivity index (χ1) is 16.8. The first-order valence-electron chi connectivity index (χ1n) is 11.9. The number of amides is 1. The lowest BCUT2D eigenvalue weighted by Gasteiger charge is -2.39. The third-order valence-electron chi connectivity index (χ3n) is 7.52. The Bertz CT molecular complexity index is 1130. The molecule has 4 heterocycles. The average molecular weight is 492 g/mol. The van der Waals surface area contributed by atoms with Crippen LogP contribution in [0.25, 0.3) is 11.1 Å². The molecule has 4 atom stereocenters. The summed E-state index contributed by atoms with van der Waals surface area (Å²) in [4.78, 5) is 30.5. The van der Waals surface area contributed by atoms with Gasteiger partial charge in [0.25, 0.3) is 5.56 Å². The molecule has 1 amide bonds. The number of fused-ring (bicyclic) bond motifs is 4. The molecule has 1 N–H and O–H groups in total. The van der Waals surface area contributed by atoms with Crippen LogP contribution in [0.1, 0.15) is 18.2 Å². The Kier molecular flexibility index (Phi) is 6.45. The summed E-state index contributed by atoms with van der Waals surface area (Å²) >= 11 is 0. The van der Waals surface area contributed by atoms with Gasteiger partial charge in [0.2, 0.25) is 5.91 Å². The molecule has 10 heteroatoms. The second-order valence-corrected chi connectivity index (χ2v) is 9.38. The normalized spacial score (nSPS) is 26.6. The van der Waals surface area contributed by atoms with Gasteiger partial charge in [-0.25, -0.2) is 0 Å². The van der Waals surface area contributed by atoms with Crippen molar-refractivity contribution in [2.24, 2.45) is 11.8 Å². The van der Waals surface area contributed by atoms with Crippen molar-refractivity contribution in [2.45, 2.75) is 31.2 Å². The predicted octanol–water partition coefficient (Wildman–Crippen LogP) is 2.29. The minimum absolute atomic E-state index is 0.126. The van der Waals surface area contributed by atoms with Gasteiger partial charge < -0.3 is 19.3 Å². The van der Waals surface area contributed by atoms with E-state index in [2.05, 4.69) is 0 Å². The summed E-state index contributed by atoms with van der Waals surface area (Å²) < 4.78 is 46.5. The molecule has 3 aliphatic rings. The van der Waals surface area contributed by atoms with E-state index >= 15 is 0 Å². The number of halogens is 3. The maximum absolute atomic E-state index is 13.7. The molecule has 1 aromatic carbocycles. The highest BCUT2D eigenvalue weighted by molar-refractivity contribution is 5.81. The van der Waals surface area contributed by atoms with E-state index in [0.717, 1.165) is 5.56 Å². The van der Waals surface area contributed by atoms with Crippen LogP contribution in [0.2, 0.25) is 0 Å². The van der Waals surface area contributed by atoms with Crippen LogP contribution in [0.15, 0.2) is 47.3 Å². The van der Waals surface area contributed by atoms with Crippen LogP contribution in [-0.4, -0.2) is 77.1 Å². The zero-order valence-corrected chi connectivity index (χ0v) is 19.2. The fraction of sp³-hybridized carbons (Fsp3) is 0.520. The molecule has 2 aromatic rings. The second kappa shape index (κ2) is 9.40. The number of carbonyl (C=O) groups excluding carboxylic acids is 1. The number of rotatable bonds is 5. The van der Waals surface area contributed by atoms with Crippen molar-refractivity contribution in [3.8, 4) is 11.1 Å². The number of hydrogen-bond donors (Lipinski definition) is 1. The van der Waals surface area contributed by atoms with Gasteiger partial charge in [-0.1, -0.05) is 30.3 Å². The molecule has 0 saturated carbocycles. The number of aliphatic hydroxyl groups is 1. The highest BCUT2D eigenvalue weighted by atomic mass is 19.4. The van der Waals surface area contributed by atoms with E-state index in [1.807, 2.05) is 30.3 Å². The molecule has 5 rings (SSSR count). The number of hydrogen-bond acceptors (Lipinski definition) is 5. The summed E-state index contributed by atoms with van der Waals surface area (Å²) in [6.45, 7) is 1.06. The Hall–Kier alpha value is -2.69. The van der Waals surface area contributed by atoms with Gasteiger partial charge in [0.05, 0.1) is 31.6 Å². The number of nitrogens with zero attached hydrogens (tertiary/aromatic N) is 3. The molecule has 1 aromatic heterocycles. The molecule has 35 heavy (non-hydrogen) atoms. The summed E-state index contributed by atoms with van der Waals surface area (Å²) in [6, 6.07) is 11.3. The SMILES string of the molecule is O=C([C@@H]1[C@@H](CO)[C@@H]2Cn3c(ccc(-c4ccccc4)c3=O)[C@H]1N2CCC(F)(F)F)N1CCOCC1. The van der Waals surface area contributed by atoms with E-state index in [0.29, 0.717) is 37.6 Å². The average Bonchev–Trinajstić information content (AvgIpc) is 3.08. The standard InChI is InChI=1S/C25H28F3N3O4/c26-25(27,28)8-9-30-20-14-31-19(7-6-17(23(31)33)16-4-2-1-3-5-16)22(30)21(18(20)15-32)24(34)29-10-12-35-13-11-29/h1-7,18,20-22,32H,8-15H2/t18-,20-,21+,22+/m0/s1. The van der Waals surface area contributed by atoms with Crippen molar-refractivity contribution >= 4 is 5.91 Å². The third kappa shape index (κ3) is 4.39. The highest BCUT2D eigenvalue weighted by Crippen LogP contribution is 2.49. The number of aromatic nitrogens is 1. The molecule has 0 aliphatic carbocycles. The van der Waals surface area contributed by atoms with Crippen molar-refractivity contribution < 1.29 is 27.8 Å². The van der Waals surface area contributed by atoms with Crippen molar-refractivity contribution in [3.05, 3.63) is 58.5 Å². The number of ether oxygens (including phenoxy) is 1. The van der Waals surface area contributed by atoms with Crippen molar-refractivity contribution in [3.63, 3.8) is 0 Å². The molecule has 7 nitrogen and oxygen atoms in total. The quantitative estimate of drug-likeness (QED) is 0.695. The smallest absolute Gasteiger partial charge is 0.390 e. The number of alkyl halides is 3. The van der Waals surface area contributed by atoms with Crippen LogP contribution in [0.3, 0.4) is 0 Å². The van der Waals surface area contributed by atoms with E-state index in [4.69, 9.17) is 4.74 Å². The van der Waals surface area contributed by atoms with E-state index < -0.39 is 36.5 Å². The number of pyridine rings is 1. The Labute approximate surface area is 200 Å². The summed E-state index contributed by atoms with van der Waals surface area (Å²) in [5.41, 5.74) is 1.53. The van der Waals surface area contributed by atoms with Gasteiger partial charge in [-0.3, -0.25) is 14.5 Å². The maximum atomic E-state index is 13.7. The van der Waals surface area contributed by atoms with E-state index in [1.54, 1.807) is 26.5 Å². The molecule has 2 saturated heterocycles. The highest BCUT2D eigenvalue weighted by Gasteiger charge is 2.56. The van der Waals surface area contributed by atoms with Crippen LogP contribution in [0.5, 0.6) is 0 Å². The van der Waals surface area contributed by atoms with Gasteiger partial charge >= 0.3 is 6.18 Å². The number of carbonyl (C=O) groups is 1. The van der Waals surface area contributed by atoms with Gasteiger partial charge in [0.15, 0.2) is 0 Å². The number of aliphatic hydroxyl groups excluding tert-OH is 1. The molecule has 0 spiro atoms. The number of morpholine rings is 1. The Morgan fingerprint density at radius 2 is 1.80 bits per heavy atom. The third-order valence-corrected chi connectivity index (χ3v) is 7.52. The first-order valence-corrected chi connectivity index (χ1v) is 11.9. The summed E-state index contributed by atoms with van der Waals surface area (Å²) in [5.74, 6) is -1.53. The number of benzene rings is 1. The van der Waals surface area contributed by atoms with Gasteiger partial charge in [-0.2, -0.15) is 13.2 Å². The molecule has 2 fully saturated rings. The molecule has 0 radical (unpaired) electrons. The van der Waals surface area contributed by atoms with Crippen LogP contribution >= 0.6 is 0 Å². The lowest BCUT2D eigenvalue weighted by atomic mass is 9.86.